The highest BCUT2D eigenvalue weighted by Crippen LogP contribution is 2.20. The largest absolute Gasteiger partial charge is 0.492 e. The van der Waals surface area contributed by atoms with Crippen LogP contribution in [-0.2, 0) is 28.9 Å². The SMILES string of the molecule is O=C(Cc1ccnnc1)NC(CCN(CCCCc1ccc2c(n1)NCCC2)CCOc1ccccc1)C(=O)O. The van der Waals surface area contributed by atoms with Gasteiger partial charge in [0.2, 0.25) is 5.91 Å². The van der Waals surface area contributed by atoms with Gasteiger partial charge in [0.1, 0.15) is 24.2 Å². The Morgan fingerprint density at radius 3 is 2.73 bits per heavy atom. The fraction of sp³-hybridized carbons (Fsp3) is 0.433. The predicted molar refractivity (Wildman–Crippen MR) is 152 cm³/mol. The molecule has 3 aromatic rings. The third kappa shape index (κ3) is 9.60. The number of para-hydroxylation sites is 1. The average molecular weight is 547 g/mol. The van der Waals surface area contributed by atoms with Crippen LogP contribution in [0.25, 0.3) is 0 Å². The van der Waals surface area contributed by atoms with Crippen LogP contribution in [0.5, 0.6) is 5.75 Å². The van der Waals surface area contributed by atoms with Gasteiger partial charge in [0.05, 0.1) is 12.6 Å². The topological polar surface area (TPSA) is 130 Å². The summed E-state index contributed by atoms with van der Waals surface area (Å²) in [6.45, 7) is 3.43. The number of benzene rings is 1. The first kappa shape index (κ1) is 28.9. The van der Waals surface area contributed by atoms with Gasteiger partial charge in [0, 0.05) is 31.5 Å². The van der Waals surface area contributed by atoms with Crippen molar-refractivity contribution in [3.05, 3.63) is 77.7 Å². The van der Waals surface area contributed by atoms with Gasteiger partial charge in [0.25, 0.3) is 0 Å². The molecular weight excluding hydrogens is 508 g/mol. The smallest absolute Gasteiger partial charge is 0.326 e. The number of aryl methyl sites for hydroxylation is 2. The number of anilines is 1. The Morgan fingerprint density at radius 2 is 1.93 bits per heavy atom. The Kier molecular flexibility index (Phi) is 11.2. The Labute approximate surface area is 235 Å². The summed E-state index contributed by atoms with van der Waals surface area (Å²) in [6.07, 6.45) is 8.38. The first-order chi connectivity index (χ1) is 19.6. The lowest BCUT2D eigenvalue weighted by Crippen LogP contribution is -2.44. The molecule has 1 aromatic carbocycles. The molecule has 1 atom stereocenters. The Bertz CT molecular complexity index is 1210. The average Bonchev–Trinajstić information content (AvgIpc) is 2.97. The van der Waals surface area contributed by atoms with Gasteiger partial charge in [0.15, 0.2) is 0 Å². The quantitative estimate of drug-likeness (QED) is 0.232. The van der Waals surface area contributed by atoms with Gasteiger partial charge in [-0.15, -0.1) is 0 Å². The van der Waals surface area contributed by atoms with E-state index in [4.69, 9.17) is 9.72 Å². The number of aliphatic carboxylic acids is 1. The summed E-state index contributed by atoms with van der Waals surface area (Å²) in [7, 11) is 0. The van der Waals surface area contributed by atoms with Crippen LogP contribution in [0.15, 0.2) is 60.9 Å². The van der Waals surface area contributed by atoms with Crippen LogP contribution in [0.1, 0.15) is 42.5 Å². The van der Waals surface area contributed by atoms with E-state index in [1.54, 1.807) is 6.07 Å². The van der Waals surface area contributed by atoms with E-state index < -0.39 is 12.0 Å². The zero-order valence-electron chi connectivity index (χ0n) is 22.8. The fourth-order valence-corrected chi connectivity index (χ4v) is 4.72. The van der Waals surface area contributed by atoms with Gasteiger partial charge >= 0.3 is 5.97 Å². The minimum atomic E-state index is -1.05. The first-order valence-electron chi connectivity index (χ1n) is 14.0. The number of nitrogens with one attached hydrogen (secondary N) is 2. The lowest BCUT2D eigenvalue weighted by atomic mass is 10.1. The number of nitrogens with zero attached hydrogens (tertiary/aromatic N) is 4. The zero-order valence-corrected chi connectivity index (χ0v) is 22.8. The second-order valence-corrected chi connectivity index (χ2v) is 9.98. The van der Waals surface area contributed by atoms with Crippen LogP contribution in [-0.4, -0.2) is 75.9 Å². The lowest BCUT2D eigenvalue weighted by Gasteiger charge is -2.24. The third-order valence-electron chi connectivity index (χ3n) is 6.91. The summed E-state index contributed by atoms with van der Waals surface area (Å²) in [5.74, 6) is 0.418. The van der Waals surface area contributed by atoms with E-state index >= 15 is 0 Å². The maximum atomic E-state index is 12.5. The van der Waals surface area contributed by atoms with E-state index in [1.807, 2.05) is 30.3 Å². The normalized spacial score (nSPS) is 13.2. The summed E-state index contributed by atoms with van der Waals surface area (Å²) in [5.41, 5.74) is 3.06. The van der Waals surface area contributed by atoms with E-state index in [0.717, 1.165) is 62.5 Å². The van der Waals surface area contributed by atoms with Crippen LogP contribution in [0.2, 0.25) is 0 Å². The minimum Gasteiger partial charge on any atom is -0.492 e. The maximum absolute atomic E-state index is 12.5. The summed E-state index contributed by atoms with van der Waals surface area (Å²) < 4.78 is 5.89. The number of aromatic nitrogens is 3. The highest BCUT2D eigenvalue weighted by Gasteiger charge is 2.21. The molecule has 1 amide bonds. The molecule has 0 saturated heterocycles. The first-order valence-corrected chi connectivity index (χ1v) is 14.0. The number of unbranched alkanes of at least 4 members (excludes halogenated alkanes) is 1. The molecule has 3 heterocycles. The van der Waals surface area contributed by atoms with Crippen molar-refractivity contribution >= 4 is 17.7 Å². The molecule has 1 unspecified atom stereocenters. The van der Waals surface area contributed by atoms with E-state index in [1.165, 1.54) is 18.0 Å². The standard InChI is InChI=1S/C30H38N6O4/c37-28(21-23-13-16-32-33-22-23)35-27(30(38)39)14-18-36(19-20-40-26-9-2-1-3-10-26)17-5-4-8-25-12-11-24-7-6-15-31-29(24)34-25/h1-3,9-13,16,22,27H,4-8,14-15,17-21H2,(H,31,34)(H,35,37)(H,38,39). The highest BCUT2D eigenvalue weighted by molar-refractivity contribution is 5.84. The molecule has 3 N–H and O–H groups in total. The Morgan fingerprint density at radius 1 is 1.05 bits per heavy atom. The minimum absolute atomic E-state index is 0.0557. The molecule has 10 nitrogen and oxygen atoms in total. The van der Waals surface area contributed by atoms with Crippen molar-refractivity contribution < 1.29 is 19.4 Å². The molecule has 40 heavy (non-hydrogen) atoms. The van der Waals surface area contributed by atoms with Gasteiger partial charge in [-0.2, -0.15) is 10.2 Å². The van der Waals surface area contributed by atoms with Crippen molar-refractivity contribution in [3.8, 4) is 5.75 Å². The number of ether oxygens (including phenoxy) is 1. The number of rotatable bonds is 16. The van der Waals surface area contributed by atoms with Gasteiger partial charge in [-0.3, -0.25) is 9.69 Å². The van der Waals surface area contributed by atoms with Crippen LogP contribution < -0.4 is 15.4 Å². The molecular formula is C30H38N6O4. The monoisotopic (exact) mass is 546 g/mol. The number of carbonyl (C=O) groups is 2. The second-order valence-electron chi connectivity index (χ2n) is 9.98. The highest BCUT2D eigenvalue weighted by atomic mass is 16.5. The molecule has 10 heteroatoms. The number of carbonyl (C=O) groups excluding carboxylic acids is 1. The van der Waals surface area contributed by atoms with Crippen molar-refractivity contribution in [1.29, 1.82) is 0 Å². The van der Waals surface area contributed by atoms with Gasteiger partial charge in [-0.25, -0.2) is 9.78 Å². The number of hydrogen-bond donors (Lipinski definition) is 3. The van der Waals surface area contributed by atoms with Gasteiger partial charge in [-0.05, 0) is 80.5 Å². The number of fused-ring (bicyclic) bond motifs is 1. The van der Waals surface area contributed by atoms with E-state index in [9.17, 15) is 14.7 Å². The van der Waals surface area contributed by atoms with Crippen molar-refractivity contribution in [2.75, 3.05) is 38.1 Å². The van der Waals surface area contributed by atoms with Crippen LogP contribution in [0.3, 0.4) is 0 Å². The Balaban J connectivity index is 1.27. The summed E-state index contributed by atoms with van der Waals surface area (Å²) in [4.78, 5) is 31.4. The number of amides is 1. The van der Waals surface area contributed by atoms with Crippen LogP contribution in [0.4, 0.5) is 5.82 Å². The third-order valence-corrected chi connectivity index (χ3v) is 6.91. The van der Waals surface area contributed by atoms with E-state index in [0.29, 0.717) is 31.7 Å². The Hall–Kier alpha value is -4.05. The van der Waals surface area contributed by atoms with Crippen molar-refractivity contribution in [2.24, 2.45) is 0 Å². The molecule has 0 saturated carbocycles. The molecule has 1 aliphatic rings. The van der Waals surface area contributed by atoms with Crippen molar-refractivity contribution in [2.45, 2.75) is 51.0 Å². The molecule has 0 bridgehead atoms. The fourth-order valence-electron chi connectivity index (χ4n) is 4.72. The van der Waals surface area contributed by atoms with Crippen LogP contribution >= 0.6 is 0 Å². The summed E-state index contributed by atoms with van der Waals surface area (Å²) >= 11 is 0. The van der Waals surface area contributed by atoms with E-state index in [2.05, 4.69) is 37.9 Å². The maximum Gasteiger partial charge on any atom is 0.326 e. The molecule has 2 aromatic heterocycles. The lowest BCUT2D eigenvalue weighted by molar-refractivity contribution is -0.142. The summed E-state index contributed by atoms with van der Waals surface area (Å²) in [5, 5.41) is 23.3. The molecule has 0 spiro atoms. The molecule has 0 radical (unpaired) electrons. The number of hydrogen-bond acceptors (Lipinski definition) is 8. The van der Waals surface area contributed by atoms with Gasteiger partial charge in [-0.1, -0.05) is 24.3 Å². The summed E-state index contributed by atoms with van der Waals surface area (Å²) in [6, 6.07) is 14.6. The molecule has 0 fully saturated rings. The predicted octanol–water partition coefficient (Wildman–Crippen LogP) is 3.14. The molecule has 212 valence electrons. The van der Waals surface area contributed by atoms with Crippen molar-refractivity contribution in [1.82, 2.24) is 25.4 Å². The molecule has 1 aliphatic heterocycles. The van der Waals surface area contributed by atoms with Crippen LogP contribution in [0, 0.1) is 0 Å². The number of pyridine rings is 1. The van der Waals surface area contributed by atoms with E-state index in [-0.39, 0.29) is 12.3 Å². The number of carboxylic acid groups (broad SMARTS) is 1. The molecule has 4 rings (SSSR count). The molecule has 0 aliphatic carbocycles. The van der Waals surface area contributed by atoms with Crippen molar-refractivity contribution in [3.63, 3.8) is 0 Å². The zero-order chi connectivity index (χ0) is 28.0. The second kappa shape index (κ2) is 15.5. The van der Waals surface area contributed by atoms with Gasteiger partial charge < -0.3 is 20.5 Å². The number of carboxylic acids is 1.